The summed E-state index contributed by atoms with van der Waals surface area (Å²) in [7, 11) is 0. The van der Waals surface area contributed by atoms with E-state index >= 15 is 0 Å². The van der Waals surface area contributed by atoms with Crippen molar-refractivity contribution in [2.24, 2.45) is 0 Å². The lowest BCUT2D eigenvalue weighted by atomic mass is 10.0. The van der Waals surface area contributed by atoms with Crippen molar-refractivity contribution >= 4 is 58.5 Å². The number of benzene rings is 1. The lowest BCUT2D eigenvalue weighted by molar-refractivity contribution is -0.152. The summed E-state index contributed by atoms with van der Waals surface area (Å²) in [6.07, 6.45) is 5.49. The first-order valence-electron chi connectivity index (χ1n) is 12.1. The van der Waals surface area contributed by atoms with Crippen LogP contribution in [0, 0.1) is 0 Å². The monoisotopic (exact) mass is 574 g/mol. The van der Waals surface area contributed by atoms with Crippen LogP contribution >= 0.6 is 34.8 Å². The minimum atomic E-state index is -1.74. The van der Waals surface area contributed by atoms with E-state index in [1.165, 1.54) is 5.01 Å². The molecule has 1 heterocycles. The zero-order valence-corrected chi connectivity index (χ0v) is 23.1. The Labute approximate surface area is 232 Å². The van der Waals surface area contributed by atoms with Crippen LogP contribution in [0.5, 0.6) is 0 Å². The third-order valence-electron chi connectivity index (χ3n) is 5.60. The van der Waals surface area contributed by atoms with Gasteiger partial charge in [0.05, 0.1) is 0 Å². The Morgan fingerprint density at radius 1 is 1.19 bits per heavy atom. The molecule has 0 aromatic heterocycles. The number of nitrogens with one attached hydrogen (secondary N) is 3. The number of aryl methyl sites for hydroxylation is 1. The van der Waals surface area contributed by atoms with Gasteiger partial charge in [-0.25, -0.2) is 5.43 Å². The number of carbonyl (C=O) groups excluding carboxylic acids is 4. The number of amides is 3. The van der Waals surface area contributed by atoms with Crippen molar-refractivity contribution in [3.05, 3.63) is 48.0 Å². The number of hydrogen-bond acceptors (Lipinski definition) is 6. The first kappa shape index (κ1) is 30.9. The molecule has 1 saturated heterocycles. The van der Waals surface area contributed by atoms with Crippen molar-refractivity contribution in [2.45, 2.75) is 67.9 Å². The third kappa shape index (κ3) is 11.3. The lowest BCUT2D eigenvalue weighted by Gasteiger charge is -2.34. The van der Waals surface area contributed by atoms with Gasteiger partial charge >= 0.3 is 5.97 Å². The van der Waals surface area contributed by atoms with Crippen molar-refractivity contribution in [3.63, 3.8) is 0 Å². The Morgan fingerprint density at radius 2 is 1.89 bits per heavy atom. The first-order chi connectivity index (χ1) is 17.5. The van der Waals surface area contributed by atoms with E-state index in [1.54, 1.807) is 26.0 Å². The molecule has 1 aliphatic rings. The number of carbonyl (C=O) groups is 4. The van der Waals surface area contributed by atoms with Gasteiger partial charge in [0.1, 0.15) is 24.7 Å². The molecule has 0 bridgehead atoms. The molecule has 0 radical (unpaired) electrons. The molecule has 1 fully saturated rings. The molecule has 1 aliphatic heterocycles. The fraction of sp³-hybridized carbons (Fsp3) is 0.520. The molecule has 0 spiro atoms. The number of ether oxygens (including phenoxy) is 1. The second kappa shape index (κ2) is 15.2. The van der Waals surface area contributed by atoms with Crippen LogP contribution < -0.4 is 16.1 Å². The SMILES string of the molecule is C/C=C/CC(=O)N[C@@H](CCc1ccccc1)C(=O)N[C@@H](C)C(=O)N1CCCC(C(=O)OCC(Cl)(Cl)Cl)N1. The van der Waals surface area contributed by atoms with E-state index in [0.717, 1.165) is 5.56 Å². The van der Waals surface area contributed by atoms with E-state index in [4.69, 9.17) is 39.5 Å². The molecule has 204 valence electrons. The molecule has 3 amide bonds. The Hall–Kier alpha value is -2.33. The smallest absolute Gasteiger partial charge is 0.325 e. The molecular formula is C25H33Cl3N4O5. The van der Waals surface area contributed by atoms with Gasteiger partial charge in [0, 0.05) is 13.0 Å². The van der Waals surface area contributed by atoms with E-state index in [-0.39, 0.29) is 12.3 Å². The first-order valence-corrected chi connectivity index (χ1v) is 13.2. The molecule has 1 unspecified atom stereocenters. The summed E-state index contributed by atoms with van der Waals surface area (Å²) in [5.41, 5.74) is 3.85. The third-order valence-corrected chi connectivity index (χ3v) is 5.93. The van der Waals surface area contributed by atoms with Gasteiger partial charge in [-0.3, -0.25) is 24.2 Å². The summed E-state index contributed by atoms with van der Waals surface area (Å²) < 4.78 is 3.27. The summed E-state index contributed by atoms with van der Waals surface area (Å²) in [6.45, 7) is 3.27. The van der Waals surface area contributed by atoms with Gasteiger partial charge in [-0.15, -0.1) is 0 Å². The summed E-state index contributed by atoms with van der Waals surface area (Å²) in [4.78, 5) is 50.7. The summed E-state index contributed by atoms with van der Waals surface area (Å²) in [5, 5.41) is 6.73. The molecule has 2 rings (SSSR count). The van der Waals surface area contributed by atoms with E-state index in [0.29, 0.717) is 32.2 Å². The molecule has 1 aromatic rings. The Kier molecular flexibility index (Phi) is 12.7. The maximum absolute atomic E-state index is 13.1. The molecule has 3 N–H and O–H groups in total. The minimum absolute atomic E-state index is 0.146. The highest BCUT2D eigenvalue weighted by atomic mass is 35.6. The molecule has 12 heteroatoms. The molecule has 0 saturated carbocycles. The predicted octanol–water partition coefficient (Wildman–Crippen LogP) is 2.98. The van der Waals surface area contributed by atoms with Gasteiger partial charge in [-0.1, -0.05) is 77.3 Å². The topological polar surface area (TPSA) is 117 Å². The number of rotatable bonds is 11. The molecular weight excluding hydrogens is 543 g/mol. The average molecular weight is 576 g/mol. The predicted molar refractivity (Wildman–Crippen MR) is 143 cm³/mol. The van der Waals surface area contributed by atoms with Crippen LogP contribution in [-0.2, 0) is 30.3 Å². The van der Waals surface area contributed by atoms with Gasteiger partial charge in [0.15, 0.2) is 0 Å². The highest BCUT2D eigenvalue weighted by Crippen LogP contribution is 2.26. The quantitative estimate of drug-likeness (QED) is 0.212. The van der Waals surface area contributed by atoms with Gasteiger partial charge in [0.2, 0.25) is 15.6 Å². The van der Waals surface area contributed by atoms with Crippen molar-refractivity contribution in [1.29, 1.82) is 0 Å². The largest absolute Gasteiger partial charge is 0.460 e. The number of allylic oxidation sites excluding steroid dienone is 1. The van der Waals surface area contributed by atoms with Crippen molar-refractivity contribution < 1.29 is 23.9 Å². The summed E-state index contributed by atoms with van der Waals surface area (Å²) >= 11 is 16.9. The second-order valence-corrected chi connectivity index (χ2v) is 11.2. The van der Waals surface area contributed by atoms with E-state index in [9.17, 15) is 19.2 Å². The van der Waals surface area contributed by atoms with Gasteiger partial charge in [-0.2, -0.15) is 0 Å². The summed E-state index contributed by atoms with van der Waals surface area (Å²) in [5.74, 6) is -1.85. The maximum atomic E-state index is 13.1. The summed E-state index contributed by atoms with van der Waals surface area (Å²) in [6, 6.07) is 7.06. The zero-order valence-electron chi connectivity index (χ0n) is 20.8. The number of hydrogen-bond donors (Lipinski definition) is 3. The van der Waals surface area contributed by atoms with Gasteiger partial charge in [0.25, 0.3) is 5.91 Å². The van der Waals surface area contributed by atoms with Crippen LogP contribution in [0.2, 0.25) is 0 Å². The van der Waals surface area contributed by atoms with Crippen LogP contribution in [0.15, 0.2) is 42.5 Å². The standard InChI is InChI=1S/C25H33Cl3N4O5/c1-3-4-12-21(33)30-19(14-13-18-9-6-5-7-10-18)22(34)29-17(2)23(35)32-15-8-11-20(31-32)24(36)37-16-25(26,27)28/h3-7,9-10,17,19-20,31H,8,11-16H2,1-2H3,(H,29,34)(H,30,33)/b4-3+/t17-,19-,20?/m0/s1. The highest BCUT2D eigenvalue weighted by Gasteiger charge is 2.33. The number of nitrogens with zero attached hydrogens (tertiary/aromatic N) is 1. The van der Waals surface area contributed by atoms with E-state index in [1.807, 2.05) is 30.3 Å². The number of hydrazine groups is 1. The Balaban J connectivity index is 1.98. The van der Waals surface area contributed by atoms with Gasteiger partial charge in [-0.05, 0) is 45.1 Å². The number of esters is 1. The van der Waals surface area contributed by atoms with Crippen LogP contribution in [0.4, 0.5) is 0 Å². The number of halogens is 3. The van der Waals surface area contributed by atoms with Crippen molar-refractivity contribution in [2.75, 3.05) is 13.2 Å². The Morgan fingerprint density at radius 3 is 2.54 bits per heavy atom. The lowest BCUT2D eigenvalue weighted by Crippen LogP contribution is -2.60. The van der Waals surface area contributed by atoms with Crippen molar-refractivity contribution in [3.8, 4) is 0 Å². The maximum Gasteiger partial charge on any atom is 0.325 e. The molecule has 9 nitrogen and oxygen atoms in total. The zero-order chi connectivity index (χ0) is 27.4. The van der Waals surface area contributed by atoms with Gasteiger partial charge < -0.3 is 15.4 Å². The van der Waals surface area contributed by atoms with Crippen LogP contribution in [0.25, 0.3) is 0 Å². The Bertz CT molecular complexity index is 955. The molecule has 3 atom stereocenters. The normalized spacial score (nSPS) is 17.6. The minimum Gasteiger partial charge on any atom is -0.460 e. The fourth-order valence-electron chi connectivity index (χ4n) is 3.68. The molecule has 37 heavy (non-hydrogen) atoms. The molecule has 0 aliphatic carbocycles. The fourth-order valence-corrected chi connectivity index (χ4v) is 3.84. The van der Waals surface area contributed by atoms with Crippen LogP contribution in [0.1, 0.15) is 45.1 Å². The number of alkyl halides is 3. The van der Waals surface area contributed by atoms with Crippen molar-refractivity contribution in [1.82, 2.24) is 21.1 Å². The van der Waals surface area contributed by atoms with E-state index in [2.05, 4.69) is 16.1 Å². The van der Waals surface area contributed by atoms with E-state index < -0.39 is 46.3 Å². The molecule has 1 aromatic carbocycles. The average Bonchev–Trinajstić information content (AvgIpc) is 2.88. The van der Waals surface area contributed by atoms with Crippen LogP contribution in [0.3, 0.4) is 0 Å². The van der Waals surface area contributed by atoms with Crippen LogP contribution in [-0.4, -0.2) is 63.8 Å². The highest BCUT2D eigenvalue weighted by molar-refractivity contribution is 6.67. The second-order valence-electron chi connectivity index (χ2n) is 8.68.